The van der Waals surface area contributed by atoms with Gasteiger partial charge in [-0.05, 0) is 43.8 Å². The fourth-order valence-corrected chi connectivity index (χ4v) is 2.41. The van der Waals surface area contributed by atoms with Crippen LogP contribution in [0.1, 0.15) is 22.7 Å². The number of hydrogen-bond donors (Lipinski definition) is 1. The molecule has 112 valence electrons. The quantitative estimate of drug-likeness (QED) is 0.914. The van der Waals surface area contributed by atoms with E-state index in [-0.39, 0.29) is 11.9 Å². The standard InChI is InChI=1S/C17H20FNO2/c1-11-5-7-13(15(18)9-11)17(19-2)14-10-12(20-3)6-8-16(14)21-4/h5-10,17,19H,1-4H3. The number of benzene rings is 2. The van der Waals surface area contributed by atoms with Gasteiger partial charge in [0.25, 0.3) is 0 Å². The molecular formula is C17H20FNO2. The third-order valence-electron chi connectivity index (χ3n) is 3.50. The maximum absolute atomic E-state index is 14.3. The Balaban J connectivity index is 2.54. The zero-order chi connectivity index (χ0) is 15.4. The van der Waals surface area contributed by atoms with Gasteiger partial charge in [-0.25, -0.2) is 4.39 Å². The molecule has 0 saturated carbocycles. The molecule has 21 heavy (non-hydrogen) atoms. The van der Waals surface area contributed by atoms with E-state index in [2.05, 4.69) is 5.32 Å². The molecule has 0 radical (unpaired) electrons. The molecular weight excluding hydrogens is 269 g/mol. The first kappa shape index (κ1) is 15.3. The monoisotopic (exact) mass is 289 g/mol. The van der Waals surface area contributed by atoms with E-state index in [9.17, 15) is 4.39 Å². The van der Waals surface area contributed by atoms with Gasteiger partial charge in [-0.15, -0.1) is 0 Å². The molecule has 3 nitrogen and oxygen atoms in total. The molecule has 0 fully saturated rings. The van der Waals surface area contributed by atoms with Crippen molar-refractivity contribution in [3.63, 3.8) is 0 Å². The average Bonchev–Trinajstić information content (AvgIpc) is 2.49. The summed E-state index contributed by atoms with van der Waals surface area (Å²) in [5.74, 6) is 1.16. The van der Waals surface area contributed by atoms with Crippen molar-refractivity contribution in [2.24, 2.45) is 0 Å². The number of nitrogens with one attached hydrogen (secondary N) is 1. The lowest BCUT2D eigenvalue weighted by Crippen LogP contribution is -2.20. The molecule has 0 spiro atoms. The highest BCUT2D eigenvalue weighted by molar-refractivity contribution is 5.46. The van der Waals surface area contributed by atoms with Gasteiger partial charge in [-0.2, -0.15) is 0 Å². The van der Waals surface area contributed by atoms with Crippen LogP contribution in [0.2, 0.25) is 0 Å². The average molecular weight is 289 g/mol. The van der Waals surface area contributed by atoms with Crippen LogP contribution in [0.5, 0.6) is 11.5 Å². The maximum atomic E-state index is 14.3. The van der Waals surface area contributed by atoms with Crippen molar-refractivity contribution in [2.45, 2.75) is 13.0 Å². The molecule has 0 aliphatic heterocycles. The molecule has 0 amide bonds. The van der Waals surface area contributed by atoms with E-state index in [1.807, 2.05) is 31.2 Å². The van der Waals surface area contributed by atoms with Gasteiger partial charge < -0.3 is 14.8 Å². The number of hydrogen-bond acceptors (Lipinski definition) is 3. The van der Waals surface area contributed by atoms with E-state index >= 15 is 0 Å². The number of halogens is 1. The Kier molecular flexibility index (Phi) is 4.81. The van der Waals surface area contributed by atoms with E-state index < -0.39 is 0 Å². The van der Waals surface area contributed by atoms with Gasteiger partial charge >= 0.3 is 0 Å². The molecule has 2 rings (SSSR count). The van der Waals surface area contributed by atoms with Gasteiger partial charge in [0.1, 0.15) is 17.3 Å². The lowest BCUT2D eigenvalue weighted by atomic mass is 9.96. The van der Waals surface area contributed by atoms with Crippen molar-refractivity contribution in [1.29, 1.82) is 0 Å². The molecule has 1 atom stereocenters. The Morgan fingerprint density at radius 1 is 1.00 bits per heavy atom. The normalized spacial score (nSPS) is 12.0. The van der Waals surface area contributed by atoms with Crippen LogP contribution < -0.4 is 14.8 Å². The fraction of sp³-hybridized carbons (Fsp3) is 0.294. The molecule has 0 aliphatic carbocycles. The topological polar surface area (TPSA) is 30.5 Å². The lowest BCUT2D eigenvalue weighted by Gasteiger charge is -2.21. The van der Waals surface area contributed by atoms with Crippen molar-refractivity contribution in [2.75, 3.05) is 21.3 Å². The van der Waals surface area contributed by atoms with Gasteiger partial charge in [-0.1, -0.05) is 12.1 Å². The first-order valence-corrected chi connectivity index (χ1v) is 6.76. The van der Waals surface area contributed by atoms with Gasteiger partial charge in [0.2, 0.25) is 0 Å². The minimum atomic E-state index is -0.310. The highest BCUT2D eigenvalue weighted by Gasteiger charge is 2.20. The molecule has 2 aromatic carbocycles. The maximum Gasteiger partial charge on any atom is 0.128 e. The molecule has 0 saturated heterocycles. The van der Waals surface area contributed by atoms with Crippen LogP contribution in [0.3, 0.4) is 0 Å². The number of methoxy groups -OCH3 is 2. The van der Waals surface area contributed by atoms with Gasteiger partial charge in [0.15, 0.2) is 0 Å². The van der Waals surface area contributed by atoms with Crippen molar-refractivity contribution in [3.8, 4) is 11.5 Å². The first-order chi connectivity index (χ1) is 10.1. The summed E-state index contributed by atoms with van der Waals surface area (Å²) in [7, 11) is 5.00. The summed E-state index contributed by atoms with van der Waals surface area (Å²) in [5, 5.41) is 3.15. The van der Waals surface area contributed by atoms with E-state index in [1.54, 1.807) is 27.3 Å². The number of aryl methyl sites for hydroxylation is 1. The predicted molar refractivity (Wildman–Crippen MR) is 81.6 cm³/mol. The lowest BCUT2D eigenvalue weighted by molar-refractivity contribution is 0.394. The predicted octanol–water partition coefficient (Wildman–Crippen LogP) is 3.46. The number of ether oxygens (including phenoxy) is 2. The Labute approximate surface area is 124 Å². The third kappa shape index (κ3) is 3.16. The summed E-state index contributed by atoms with van der Waals surface area (Å²) in [4.78, 5) is 0. The minimum Gasteiger partial charge on any atom is -0.497 e. The van der Waals surface area contributed by atoms with Crippen molar-refractivity contribution >= 4 is 0 Å². The Bertz CT molecular complexity index is 628. The SMILES string of the molecule is CNC(c1ccc(C)cc1F)c1cc(OC)ccc1OC. The van der Waals surface area contributed by atoms with Crippen molar-refractivity contribution in [3.05, 3.63) is 58.9 Å². The largest absolute Gasteiger partial charge is 0.497 e. The van der Waals surface area contributed by atoms with E-state index in [0.717, 1.165) is 11.1 Å². The number of rotatable bonds is 5. The van der Waals surface area contributed by atoms with Crippen LogP contribution in [0, 0.1) is 12.7 Å². The zero-order valence-electron chi connectivity index (χ0n) is 12.7. The molecule has 1 N–H and O–H groups in total. The molecule has 2 aromatic rings. The second kappa shape index (κ2) is 6.59. The van der Waals surface area contributed by atoms with Crippen molar-refractivity contribution < 1.29 is 13.9 Å². The minimum absolute atomic E-state index is 0.237. The van der Waals surface area contributed by atoms with Gasteiger partial charge in [0.05, 0.1) is 20.3 Å². The summed E-state index contributed by atoms with van der Waals surface area (Å²) in [6.45, 7) is 1.87. The van der Waals surface area contributed by atoms with Crippen LogP contribution >= 0.6 is 0 Å². The molecule has 1 unspecified atom stereocenters. The molecule has 0 bridgehead atoms. The summed E-state index contributed by atoms with van der Waals surface area (Å²) in [5.41, 5.74) is 2.31. The van der Waals surface area contributed by atoms with Gasteiger partial charge in [-0.3, -0.25) is 0 Å². The van der Waals surface area contributed by atoms with Gasteiger partial charge in [0, 0.05) is 11.1 Å². The van der Waals surface area contributed by atoms with E-state index in [4.69, 9.17) is 9.47 Å². The van der Waals surface area contributed by atoms with E-state index in [0.29, 0.717) is 17.1 Å². The second-order valence-corrected chi connectivity index (χ2v) is 4.85. The Hall–Kier alpha value is -2.07. The molecule has 0 aliphatic rings. The summed E-state index contributed by atoms with van der Waals surface area (Å²) in [6, 6.07) is 10.4. The smallest absolute Gasteiger partial charge is 0.128 e. The Morgan fingerprint density at radius 3 is 2.33 bits per heavy atom. The highest BCUT2D eigenvalue weighted by Crippen LogP contribution is 2.34. The second-order valence-electron chi connectivity index (χ2n) is 4.85. The van der Waals surface area contributed by atoms with Crippen LogP contribution in [-0.2, 0) is 0 Å². The Morgan fingerprint density at radius 2 is 1.76 bits per heavy atom. The summed E-state index contributed by atoms with van der Waals surface area (Å²) < 4.78 is 24.9. The summed E-state index contributed by atoms with van der Waals surface area (Å²) in [6.07, 6.45) is 0. The van der Waals surface area contributed by atoms with Crippen LogP contribution in [-0.4, -0.2) is 21.3 Å². The van der Waals surface area contributed by atoms with Crippen LogP contribution in [0.25, 0.3) is 0 Å². The van der Waals surface area contributed by atoms with Crippen molar-refractivity contribution in [1.82, 2.24) is 5.32 Å². The van der Waals surface area contributed by atoms with E-state index in [1.165, 1.54) is 6.07 Å². The first-order valence-electron chi connectivity index (χ1n) is 6.76. The summed E-state index contributed by atoms with van der Waals surface area (Å²) >= 11 is 0. The zero-order valence-corrected chi connectivity index (χ0v) is 12.7. The highest BCUT2D eigenvalue weighted by atomic mass is 19.1. The van der Waals surface area contributed by atoms with Crippen LogP contribution in [0.15, 0.2) is 36.4 Å². The van der Waals surface area contributed by atoms with Crippen LogP contribution in [0.4, 0.5) is 4.39 Å². The molecule has 0 heterocycles. The fourth-order valence-electron chi connectivity index (χ4n) is 2.41. The third-order valence-corrected chi connectivity index (χ3v) is 3.50. The molecule has 0 aromatic heterocycles. The molecule has 4 heteroatoms.